The molecule has 1 rings (SSSR count). The average Bonchev–Trinajstić information content (AvgIpc) is 2.43. The zero-order chi connectivity index (χ0) is 19.3. The van der Waals surface area contributed by atoms with Crippen molar-refractivity contribution in [1.29, 1.82) is 0 Å². The van der Waals surface area contributed by atoms with Crippen molar-refractivity contribution < 1.29 is 32.3 Å². The van der Waals surface area contributed by atoms with Gasteiger partial charge in [0.25, 0.3) is 0 Å². The number of ether oxygens (including phenoxy) is 1. The molecule has 25 heavy (non-hydrogen) atoms. The quantitative estimate of drug-likeness (QED) is 0.424. The average molecular weight is 359 g/mol. The molecule has 138 valence electrons. The molecule has 0 amide bonds. The summed E-state index contributed by atoms with van der Waals surface area (Å²) in [4.78, 5) is 38.1. The van der Waals surface area contributed by atoms with Crippen LogP contribution in [-0.4, -0.2) is 34.8 Å². The van der Waals surface area contributed by atoms with Gasteiger partial charge in [-0.05, 0) is 32.9 Å². The number of halogens is 3. The maximum Gasteiger partial charge on any atom is 0.392 e. The standard InChI is InChI=1S/C17H20F3NO4/c1-16(2,3)25-15(24)10-12-5-4-6-13(21-12)14(23)9-11(7-8-22)17(18,19)20/h4-6,8,11H,7,9-10H2,1-3H3/t11-/m1/s1. The molecule has 0 fully saturated rings. The van der Waals surface area contributed by atoms with Gasteiger partial charge in [-0.1, -0.05) is 6.07 Å². The Morgan fingerprint density at radius 2 is 1.88 bits per heavy atom. The number of ketones is 1. The summed E-state index contributed by atoms with van der Waals surface area (Å²) in [6.07, 6.45) is -6.37. The van der Waals surface area contributed by atoms with E-state index in [2.05, 4.69) is 4.98 Å². The molecule has 0 aliphatic carbocycles. The zero-order valence-corrected chi connectivity index (χ0v) is 14.2. The lowest BCUT2D eigenvalue weighted by Gasteiger charge is -2.19. The van der Waals surface area contributed by atoms with Gasteiger partial charge in [0.15, 0.2) is 5.78 Å². The second-order valence-electron chi connectivity index (χ2n) is 6.55. The molecule has 5 nitrogen and oxygen atoms in total. The van der Waals surface area contributed by atoms with Crippen LogP contribution >= 0.6 is 0 Å². The molecule has 8 heteroatoms. The second-order valence-corrected chi connectivity index (χ2v) is 6.55. The smallest absolute Gasteiger partial charge is 0.392 e. The fourth-order valence-corrected chi connectivity index (χ4v) is 2.04. The first kappa shape index (κ1) is 20.8. The number of hydrogen-bond donors (Lipinski definition) is 0. The molecule has 1 aromatic rings. The van der Waals surface area contributed by atoms with Gasteiger partial charge >= 0.3 is 12.1 Å². The summed E-state index contributed by atoms with van der Waals surface area (Å²) in [5.41, 5.74) is -0.639. The SMILES string of the molecule is CC(C)(C)OC(=O)Cc1cccc(C(=O)C[C@@H](CC=O)C(F)(F)F)n1. The molecule has 0 aromatic carbocycles. The third-order valence-corrected chi connectivity index (χ3v) is 3.11. The molecule has 0 saturated heterocycles. The Bertz CT molecular complexity index is 636. The van der Waals surface area contributed by atoms with E-state index in [1.807, 2.05) is 0 Å². The molecule has 0 bridgehead atoms. The van der Waals surface area contributed by atoms with E-state index in [9.17, 15) is 27.6 Å². The number of esters is 1. The van der Waals surface area contributed by atoms with Crippen molar-refractivity contribution in [2.24, 2.45) is 5.92 Å². The highest BCUT2D eigenvalue weighted by atomic mass is 19.4. The highest BCUT2D eigenvalue weighted by molar-refractivity contribution is 5.94. The lowest BCUT2D eigenvalue weighted by molar-refractivity contribution is -0.175. The molecule has 1 aromatic heterocycles. The molecule has 0 saturated carbocycles. The highest BCUT2D eigenvalue weighted by Crippen LogP contribution is 2.31. The van der Waals surface area contributed by atoms with E-state index in [0.717, 1.165) is 0 Å². The lowest BCUT2D eigenvalue weighted by Crippen LogP contribution is -2.27. The van der Waals surface area contributed by atoms with Gasteiger partial charge in [0, 0.05) is 12.8 Å². The van der Waals surface area contributed by atoms with Crippen LogP contribution in [0.2, 0.25) is 0 Å². The summed E-state index contributed by atoms with van der Waals surface area (Å²) in [6.45, 7) is 5.09. The van der Waals surface area contributed by atoms with Crippen LogP contribution in [0.4, 0.5) is 13.2 Å². The molecule has 0 spiro atoms. The van der Waals surface area contributed by atoms with Gasteiger partial charge in [-0.3, -0.25) is 9.59 Å². The van der Waals surface area contributed by atoms with Crippen LogP contribution < -0.4 is 0 Å². The fraction of sp³-hybridized carbons (Fsp3) is 0.529. The summed E-state index contributed by atoms with van der Waals surface area (Å²) in [6, 6.07) is 4.19. The van der Waals surface area contributed by atoms with E-state index >= 15 is 0 Å². The highest BCUT2D eigenvalue weighted by Gasteiger charge is 2.40. The fourth-order valence-electron chi connectivity index (χ4n) is 2.04. The van der Waals surface area contributed by atoms with Crippen LogP contribution in [0.1, 0.15) is 49.8 Å². The van der Waals surface area contributed by atoms with Crippen molar-refractivity contribution >= 4 is 18.0 Å². The summed E-state index contributed by atoms with van der Waals surface area (Å²) in [7, 11) is 0. The minimum Gasteiger partial charge on any atom is -0.460 e. The number of nitrogens with zero attached hydrogens (tertiary/aromatic N) is 1. The number of aldehydes is 1. The minimum atomic E-state index is -4.65. The monoisotopic (exact) mass is 359 g/mol. The van der Waals surface area contributed by atoms with Gasteiger partial charge in [0.05, 0.1) is 18.0 Å². The summed E-state index contributed by atoms with van der Waals surface area (Å²) >= 11 is 0. The topological polar surface area (TPSA) is 73.3 Å². The third-order valence-electron chi connectivity index (χ3n) is 3.11. The predicted octanol–water partition coefficient (Wildman–Crippen LogP) is 3.31. The van der Waals surface area contributed by atoms with Crippen molar-refractivity contribution in [3.63, 3.8) is 0 Å². The number of alkyl halides is 3. The summed E-state index contributed by atoms with van der Waals surface area (Å²) < 4.78 is 43.5. The van der Waals surface area contributed by atoms with Gasteiger partial charge < -0.3 is 9.53 Å². The summed E-state index contributed by atoms with van der Waals surface area (Å²) in [5, 5.41) is 0. The Labute approximate surface area is 143 Å². The van der Waals surface area contributed by atoms with Gasteiger partial charge in [-0.2, -0.15) is 13.2 Å². The number of aromatic nitrogens is 1. The lowest BCUT2D eigenvalue weighted by atomic mass is 9.97. The van der Waals surface area contributed by atoms with Crippen LogP contribution in [-0.2, 0) is 20.7 Å². The Hall–Kier alpha value is -2.25. The maximum absolute atomic E-state index is 12.8. The first-order valence-electron chi connectivity index (χ1n) is 7.63. The first-order valence-corrected chi connectivity index (χ1v) is 7.63. The Kier molecular flexibility index (Phi) is 6.84. The first-order chi connectivity index (χ1) is 11.4. The predicted molar refractivity (Wildman–Crippen MR) is 83.0 cm³/mol. The van der Waals surface area contributed by atoms with Crippen LogP contribution in [0.3, 0.4) is 0 Å². The van der Waals surface area contributed by atoms with E-state index in [4.69, 9.17) is 4.74 Å². The van der Waals surface area contributed by atoms with E-state index in [1.54, 1.807) is 20.8 Å². The molecule has 0 unspecified atom stereocenters. The largest absolute Gasteiger partial charge is 0.460 e. The molecular formula is C17H20F3NO4. The van der Waals surface area contributed by atoms with Gasteiger partial charge in [0.1, 0.15) is 17.6 Å². The van der Waals surface area contributed by atoms with E-state index < -0.39 is 42.3 Å². The maximum atomic E-state index is 12.8. The minimum absolute atomic E-state index is 0.137. The number of rotatable bonds is 7. The molecule has 0 aliphatic rings. The van der Waals surface area contributed by atoms with Crippen LogP contribution in [0.25, 0.3) is 0 Å². The van der Waals surface area contributed by atoms with Crippen molar-refractivity contribution in [2.45, 2.75) is 51.8 Å². The van der Waals surface area contributed by atoms with Crippen LogP contribution in [0.15, 0.2) is 18.2 Å². The van der Waals surface area contributed by atoms with Crippen molar-refractivity contribution in [3.05, 3.63) is 29.6 Å². The summed E-state index contributed by atoms with van der Waals surface area (Å²) in [5.74, 6) is -3.44. The Morgan fingerprint density at radius 1 is 1.24 bits per heavy atom. The van der Waals surface area contributed by atoms with Crippen molar-refractivity contribution in [1.82, 2.24) is 4.98 Å². The number of carbonyl (C=O) groups excluding carboxylic acids is 3. The normalized spacial score (nSPS) is 13.2. The van der Waals surface area contributed by atoms with Crippen molar-refractivity contribution in [3.8, 4) is 0 Å². The molecular weight excluding hydrogens is 339 g/mol. The van der Waals surface area contributed by atoms with Crippen LogP contribution in [0, 0.1) is 5.92 Å². The van der Waals surface area contributed by atoms with Gasteiger partial charge in [-0.15, -0.1) is 0 Å². The van der Waals surface area contributed by atoms with Gasteiger partial charge in [0.2, 0.25) is 0 Å². The van der Waals surface area contributed by atoms with Crippen molar-refractivity contribution in [2.75, 3.05) is 0 Å². The molecule has 0 radical (unpaired) electrons. The molecule has 1 atom stereocenters. The third kappa shape index (κ3) is 7.45. The Morgan fingerprint density at radius 3 is 2.40 bits per heavy atom. The van der Waals surface area contributed by atoms with E-state index in [-0.39, 0.29) is 24.1 Å². The zero-order valence-electron chi connectivity index (χ0n) is 14.2. The van der Waals surface area contributed by atoms with E-state index in [1.165, 1.54) is 18.2 Å². The van der Waals surface area contributed by atoms with Crippen LogP contribution in [0.5, 0.6) is 0 Å². The number of carbonyl (C=O) groups is 3. The second kappa shape index (κ2) is 8.22. The van der Waals surface area contributed by atoms with Gasteiger partial charge in [-0.25, -0.2) is 4.98 Å². The molecule has 1 heterocycles. The molecule has 0 N–H and O–H groups in total. The number of Topliss-reactive ketones (excluding diaryl/α,β-unsaturated/α-hetero) is 1. The number of pyridine rings is 1. The number of hydrogen-bond acceptors (Lipinski definition) is 5. The Balaban J connectivity index is 2.84. The van der Waals surface area contributed by atoms with E-state index in [0.29, 0.717) is 0 Å². The molecule has 0 aliphatic heterocycles.